The first-order valence-corrected chi connectivity index (χ1v) is 10.2. The molecule has 2 fully saturated rings. The van der Waals surface area contributed by atoms with E-state index in [1.54, 1.807) is 19.1 Å². The van der Waals surface area contributed by atoms with Gasteiger partial charge in [0.05, 0.1) is 0 Å². The van der Waals surface area contributed by atoms with E-state index in [4.69, 9.17) is 0 Å². The van der Waals surface area contributed by atoms with Crippen molar-refractivity contribution in [2.24, 2.45) is 11.8 Å². The van der Waals surface area contributed by atoms with Crippen LogP contribution in [0.5, 0.6) is 0 Å². The van der Waals surface area contributed by atoms with E-state index in [-0.39, 0.29) is 18.5 Å². The summed E-state index contributed by atoms with van der Waals surface area (Å²) >= 11 is 3.39. The Kier molecular flexibility index (Phi) is 5.60. The van der Waals surface area contributed by atoms with Crippen molar-refractivity contribution in [1.82, 2.24) is 15.5 Å². The number of carbonyl (C=O) groups is 3. The number of halogens is 1. The van der Waals surface area contributed by atoms with Gasteiger partial charge < -0.3 is 10.6 Å². The minimum absolute atomic E-state index is 0.0958. The first kappa shape index (κ1) is 19.9. The van der Waals surface area contributed by atoms with Crippen molar-refractivity contribution in [3.63, 3.8) is 0 Å². The molecule has 0 unspecified atom stereocenters. The molecule has 27 heavy (non-hydrogen) atoms. The number of nitrogens with zero attached hydrogens (tertiary/aromatic N) is 1. The van der Waals surface area contributed by atoms with E-state index in [0.29, 0.717) is 17.4 Å². The highest BCUT2D eigenvalue weighted by Crippen LogP contribution is 2.31. The van der Waals surface area contributed by atoms with Gasteiger partial charge in [0.1, 0.15) is 12.1 Å². The molecule has 146 valence electrons. The van der Waals surface area contributed by atoms with E-state index >= 15 is 0 Å². The number of benzene rings is 1. The predicted molar refractivity (Wildman–Crippen MR) is 106 cm³/mol. The average molecular weight is 436 g/mol. The van der Waals surface area contributed by atoms with Gasteiger partial charge in [-0.3, -0.25) is 14.5 Å². The molecule has 4 atom stereocenters. The molecule has 0 bridgehead atoms. The first-order valence-electron chi connectivity index (χ1n) is 9.42. The zero-order valence-electron chi connectivity index (χ0n) is 15.9. The Morgan fingerprint density at radius 2 is 2.07 bits per heavy atom. The molecule has 1 aromatic rings. The molecule has 1 heterocycles. The van der Waals surface area contributed by atoms with Crippen LogP contribution in [0.25, 0.3) is 0 Å². The lowest BCUT2D eigenvalue weighted by molar-refractivity contribution is -0.135. The van der Waals surface area contributed by atoms with Gasteiger partial charge in [0.25, 0.3) is 5.91 Å². The molecule has 1 aliphatic heterocycles. The molecule has 1 saturated carbocycles. The number of hydrogen-bond acceptors (Lipinski definition) is 3. The van der Waals surface area contributed by atoms with Crippen molar-refractivity contribution in [2.45, 2.75) is 51.6 Å². The second-order valence-electron chi connectivity index (χ2n) is 7.90. The minimum atomic E-state index is -1.17. The van der Waals surface area contributed by atoms with E-state index in [1.165, 1.54) is 6.42 Å². The highest BCUT2D eigenvalue weighted by Gasteiger charge is 2.49. The van der Waals surface area contributed by atoms with E-state index in [2.05, 4.69) is 40.4 Å². The van der Waals surface area contributed by atoms with Gasteiger partial charge in [-0.25, -0.2) is 4.79 Å². The standard InChI is InChI=1S/C20H26BrN3O3/c1-12-6-4-9-16(13(12)2)22-17(25)11-24-18(26)20(3,23-19(24)27)14-7-5-8-15(21)10-14/h5,7-8,10,12-13,16H,4,6,9,11H2,1-3H3,(H,22,25)(H,23,27)/t12-,13-,16+,20-/m1/s1. The maximum atomic E-state index is 12.9. The van der Waals surface area contributed by atoms with E-state index in [9.17, 15) is 14.4 Å². The summed E-state index contributed by atoms with van der Waals surface area (Å²) in [7, 11) is 0. The number of rotatable bonds is 4. The Morgan fingerprint density at radius 1 is 1.33 bits per heavy atom. The molecule has 6 nitrogen and oxygen atoms in total. The fourth-order valence-corrected chi connectivity index (χ4v) is 4.42. The van der Waals surface area contributed by atoms with E-state index in [0.717, 1.165) is 22.2 Å². The van der Waals surface area contributed by atoms with Gasteiger partial charge in [-0.1, -0.05) is 54.8 Å². The molecule has 3 rings (SSSR count). The second-order valence-corrected chi connectivity index (χ2v) is 8.81. The van der Waals surface area contributed by atoms with Crippen molar-refractivity contribution in [1.29, 1.82) is 0 Å². The summed E-state index contributed by atoms with van der Waals surface area (Å²) < 4.78 is 0.819. The van der Waals surface area contributed by atoms with Gasteiger partial charge >= 0.3 is 6.03 Å². The van der Waals surface area contributed by atoms with Gasteiger partial charge in [-0.05, 0) is 42.9 Å². The smallest absolute Gasteiger partial charge is 0.325 e. The van der Waals surface area contributed by atoms with Crippen LogP contribution in [0, 0.1) is 11.8 Å². The van der Waals surface area contributed by atoms with Crippen LogP contribution in [0.2, 0.25) is 0 Å². The molecule has 0 radical (unpaired) electrons. The topological polar surface area (TPSA) is 78.5 Å². The Balaban J connectivity index is 1.69. The largest absolute Gasteiger partial charge is 0.352 e. The van der Waals surface area contributed by atoms with Gasteiger partial charge in [-0.2, -0.15) is 0 Å². The van der Waals surface area contributed by atoms with Crippen LogP contribution >= 0.6 is 15.9 Å². The summed E-state index contributed by atoms with van der Waals surface area (Å²) in [5, 5.41) is 5.76. The summed E-state index contributed by atoms with van der Waals surface area (Å²) in [6.07, 6.45) is 3.19. The SMILES string of the molecule is C[C@@H]1[C@H](C)CCC[C@@H]1NC(=O)CN1C(=O)N[C@](C)(c2cccc(Br)c2)C1=O. The lowest BCUT2D eigenvalue weighted by atomic mass is 9.78. The lowest BCUT2D eigenvalue weighted by Crippen LogP contribution is -2.48. The number of nitrogens with one attached hydrogen (secondary N) is 2. The minimum Gasteiger partial charge on any atom is -0.352 e. The molecule has 0 spiro atoms. The number of hydrogen-bond donors (Lipinski definition) is 2. The van der Waals surface area contributed by atoms with Gasteiger partial charge in [0, 0.05) is 10.5 Å². The van der Waals surface area contributed by atoms with Crippen molar-refractivity contribution in [3.8, 4) is 0 Å². The molecular weight excluding hydrogens is 410 g/mol. The highest BCUT2D eigenvalue weighted by molar-refractivity contribution is 9.10. The van der Waals surface area contributed by atoms with Crippen LogP contribution < -0.4 is 10.6 Å². The maximum absolute atomic E-state index is 12.9. The molecule has 0 aromatic heterocycles. The summed E-state index contributed by atoms with van der Waals surface area (Å²) in [6, 6.07) is 6.81. The summed E-state index contributed by atoms with van der Waals surface area (Å²) in [4.78, 5) is 38.9. The van der Waals surface area contributed by atoms with E-state index in [1.807, 2.05) is 12.1 Å². The summed E-state index contributed by atoms with van der Waals surface area (Å²) in [5.74, 6) is 0.243. The van der Waals surface area contributed by atoms with Crippen LogP contribution in [0.1, 0.15) is 45.6 Å². The Bertz CT molecular complexity index is 769. The summed E-state index contributed by atoms with van der Waals surface area (Å²) in [6.45, 7) is 5.75. The van der Waals surface area contributed by atoms with Crippen LogP contribution in [0.3, 0.4) is 0 Å². The number of imide groups is 1. The third-order valence-corrected chi connectivity index (χ3v) is 6.53. The fourth-order valence-electron chi connectivity index (χ4n) is 4.02. The Labute approximate surface area is 168 Å². The van der Waals surface area contributed by atoms with Crippen LogP contribution in [-0.4, -0.2) is 35.3 Å². The van der Waals surface area contributed by atoms with Gasteiger partial charge in [0.15, 0.2) is 0 Å². The quantitative estimate of drug-likeness (QED) is 0.712. The zero-order valence-corrected chi connectivity index (χ0v) is 17.5. The molecule has 1 aliphatic carbocycles. The third-order valence-electron chi connectivity index (χ3n) is 6.03. The molecule has 7 heteroatoms. The zero-order chi connectivity index (χ0) is 19.8. The normalized spacial score (nSPS) is 31.0. The van der Waals surface area contributed by atoms with Crippen molar-refractivity contribution in [2.75, 3.05) is 6.54 Å². The van der Waals surface area contributed by atoms with Crippen LogP contribution in [0.4, 0.5) is 4.79 Å². The second kappa shape index (κ2) is 7.62. The maximum Gasteiger partial charge on any atom is 0.325 e. The van der Waals surface area contributed by atoms with Crippen molar-refractivity contribution in [3.05, 3.63) is 34.3 Å². The summed E-state index contributed by atoms with van der Waals surface area (Å²) in [5.41, 5.74) is -0.499. The highest BCUT2D eigenvalue weighted by atomic mass is 79.9. The molecule has 2 N–H and O–H groups in total. The molecule has 1 saturated heterocycles. The van der Waals surface area contributed by atoms with E-state index < -0.39 is 17.5 Å². The monoisotopic (exact) mass is 435 g/mol. The molecule has 2 aliphatic rings. The predicted octanol–water partition coefficient (Wildman–Crippen LogP) is 3.16. The van der Waals surface area contributed by atoms with Crippen molar-refractivity contribution < 1.29 is 14.4 Å². The fraction of sp³-hybridized carbons (Fsp3) is 0.550. The van der Waals surface area contributed by atoms with Gasteiger partial charge in [-0.15, -0.1) is 0 Å². The molecular formula is C20H26BrN3O3. The Hall–Kier alpha value is -1.89. The van der Waals surface area contributed by atoms with Crippen molar-refractivity contribution >= 4 is 33.8 Å². The van der Waals surface area contributed by atoms with Gasteiger partial charge in [0.2, 0.25) is 5.91 Å². The number of amides is 4. The lowest BCUT2D eigenvalue weighted by Gasteiger charge is -2.34. The first-order chi connectivity index (χ1) is 12.7. The number of carbonyl (C=O) groups excluding carboxylic acids is 3. The Morgan fingerprint density at radius 3 is 2.78 bits per heavy atom. The molecule has 4 amide bonds. The number of urea groups is 1. The molecule has 1 aromatic carbocycles. The third kappa shape index (κ3) is 3.88. The van der Waals surface area contributed by atoms with Crippen LogP contribution in [0.15, 0.2) is 28.7 Å². The van der Waals surface area contributed by atoms with Crippen LogP contribution in [-0.2, 0) is 15.1 Å². The average Bonchev–Trinajstić information content (AvgIpc) is 2.83.